The lowest BCUT2D eigenvalue weighted by Gasteiger charge is -2.19. The fourth-order valence-corrected chi connectivity index (χ4v) is 3.00. The molecule has 0 N–H and O–H groups in total. The van der Waals surface area contributed by atoms with Crippen LogP contribution in [0, 0.1) is 5.92 Å². The number of carbonyl (C=O) groups excluding carboxylic acids is 1. The van der Waals surface area contributed by atoms with E-state index in [0.717, 1.165) is 31.2 Å². The highest BCUT2D eigenvalue weighted by Crippen LogP contribution is 2.40. The van der Waals surface area contributed by atoms with E-state index < -0.39 is 0 Å². The Kier molecular flexibility index (Phi) is 4.01. The summed E-state index contributed by atoms with van der Waals surface area (Å²) in [6.45, 7) is 0.409. The van der Waals surface area contributed by atoms with E-state index in [1.54, 1.807) is 6.07 Å². The first-order valence-electron chi connectivity index (χ1n) is 6.98. The highest BCUT2D eigenvalue weighted by atomic mass is 35.5. The standard InChI is InChI=1S/C15H17ClO4/c16-12-6-10(7-13-14(12)20-9-19-13)8-18-15(17)11-4-2-1-3-5-11/h6-7,11H,1-5,8-9H2. The summed E-state index contributed by atoms with van der Waals surface area (Å²) in [4.78, 5) is 12.0. The lowest BCUT2D eigenvalue weighted by atomic mass is 9.89. The third-order valence-corrected chi connectivity index (χ3v) is 4.09. The van der Waals surface area contributed by atoms with Crippen LogP contribution in [-0.4, -0.2) is 12.8 Å². The second-order valence-electron chi connectivity index (χ2n) is 5.25. The van der Waals surface area contributed by atoms with Crippen LogP contribution in [0.15, 0.2) is 12.1 Å². The Morgan fingerprint density at radius 1 is 1.25 bits per heavy atom. The number of halogens is 1. The molecule has 1 aliphatic carbocycles. The summed E-state index contributed by atoms with van der Waals surface area (Å²) in [5.74, 6) is 1.14. The number of fused-ring (bicyclic) bond motifs is 1. The van der Waals surface area contributed by atoms with Crippen molar-refractivity contribution in [3.63, 3.8) is 0 Å². The van der Waals surface area contributed by atoms with Crippen LogP contribution < -0.4 is 9.47 Å². The summed E-state index contributed by atoms with van der Waals surface area (Å²) in [5.41, 5.74) is 0.823. The van der Waals surface area contributed by atoms with Gasteiger partial charge in [-0.25, -0.2) is 0 Å². The van der Waals surface area contributed by atoms with E-state index in [0.29, 0.717) is 16.5 Å². The maximum atomic E-state index is 12.0. The second kappa shape index (κ2) is 5.92. The van der Waals surface area contributed by atoms with Crippen molar-refractivity contribution in [1.29, 1.82) is 0 Å². The third-order valence-electron chi connectivity index (χ3n) is 3.81. The highest BCUT2D eigenvalue weighted by molar-refractivity contribution is 6.32. The number of benzene rings is 1. The van der Waals surface area contributed by atoms with Crippen molar-refractivity contribution in [2.75, 3.05) is 6.79 Å². The smallest absolute Gasteiger partial charge is 0.309 e. The van der Waals surface area contributed by atoms with Crippen LogP contribution in [0.3, 0.4) is 0 Å². The zero-order valence-corrected chi connectivity index (χ0v) is 11.9. The van der Waals surface area contributed by atoms with Gasteiger partial charge in [0.15, 0.2) is 11.5 Å². The Bertz CT molecular complexity index is 509. The number of esters is 1. The van der Waals surface area contributed by atoms with Gasteiger partial charge in [-0.2, -0.15) is 0 Å². The number of ether oxygens (including phenoxy) is 3. The van der Waals surface area contributed by atoms with Crippen molar-refractivity contribution in [2.24, 2.45) is 5.92 Å². The molecule has 0 unspecified atom stereocenters. The first-order valence-corrected chi connectivity index (χ1v) is 7.36. The molecule has 0 amide bonds. The summed E-state index contributed by atoms with van der Waals surface area (Å²) in [7, 11) is 0. The molecule has 3 rings (SSSR count). The average Bonchev–Trinajstić information content (AvgIpc) is 2.94. The average molecular weight is 297 g/mol. The van der Waals surface area contributed by atoms with Gasteiger partial charge in [0.25, 0.3) is 0 Å². The molecule has 1 aromatic rings. The molecule has 1 aliphatic heterocycles. The molecule has 0 bridgehead atoms. The Balaban J connectivity index is 1.61. The molecule has 0 atom stereocenters. The van der Waals surface area contributed by atoms with Gasteiger partial charge in [-0.1, -0.05) is 30.9 Å². The molecule has 0 radical (unpaired) electrons. The van der Waals surface area contributed by atoms with Crippen LogP contribution in [-0.2, 0) is 16.1 Å². The van der Waals surface area contributed by atoms with Crippen molar-refractivity contribution in [3.05, 3.63) is 22.7 Å². The van der Waals surface area contributed by atoms with E-state index in [2.05, 4.69) is 0 Å². The predicted octanol–water partition coefficient (Wildman–Crippen LogP) is 3.69. The molecule has 1 saturated carbocycles. The molecule has 5 heteroatoms. The van der Waals surface area contributed by atoms with Crippen LogP contribution in [0.1, 0.15) is 37.7 Å². The van der Waals surface area contributed by atoms with Crippen molar-refractivity contribution in [2.45, 2.75) is 38.7 Å². The Hall–Kier alpha value is -1.42. The highest BCUT2D eigenvalue weighted by Gasteiger charge is 2.23. The monoisotopic (exact) mass is 296 g/mol. The van der Waals surface area contributed by atoms with E-state index in [-0.39, 0.29) is 25.3 Å². The van der Waals surface area contributed by atoms with E-state index in [1.807, 2.05) is 6.07 Å². The van der Waals surface area contributed by atoms with Crippen LogP contribution in [0.4, 0.5) is 0 Å². The zero-order chi connectivity index (χ0) is 13.9. The third kappa shape index (κ3) is 2.85. The van der Waals surface area contributed by atoms with E-state index in [9.17, 15) is 4.79 Å². The molecule has 0 spiro atoms. The summed E-state index contributed by atoms with van der Waals surface area (Å²) in [6, 6.07) is 3.56. The van der Waals surface area contributed by atoms with E-state index in [1.165, 1.54) is 6.42 Å². The van der Waals surface area contributed by atoms with Gasteiger partial charge in [0.05, 0.1) is 10.9 Å². The number of hydrogen-bond acceptors (Lipinski definition) is 4. The lowest BCUT2D eigenvalue weighted by molar-refractivity contribution is -0.151. The molecule has 4 nitrogen and oxygen atoms in total. The molecular weight excluding hydrogens is 280 g/mol. The van der Waals surface area contributed by atoms with Crippen LogP contribution in [0.25, 0.3) is 0 Å². The van der Waals surface area contributed by atoms with Gasteiger partial charge >= 0.3 is 5.97 Å². The maximum Gasteiger partial charge on any atom is 0.309 e. The predicted molar refractivity (Wildman–Crippen MR) is 73.9 cm³/mol. The fourth-order valence-electron chi connectivity index (χ4n) is 2.71. The van der Waals surface area contributed by atoms with E-state index in [4.69, 9.17) is 25.8 Å². The summed E-state index contributed by atoms with van der Waals surface area (Å²) in [5, 5.41) is 0.490. The maximum absolute atomic E-state index is 12.0. The van der Waals surface area contributed by atoms with Crippen LogP contribution in [0.2, 0.25) is 5.02 Å². The second-order valence-corrected chi connectivity index (χ2v) is 5.66. The molecule has 1 fully saturated rings. The van der Waals surface area contributed by atoms with Gasteiger partial charge in [-0.05, 0) is 30.5 Å². The van der Waals surface area contributed by atoms with Gasteiger partial charge < -0.3 is 14.2 Å². The summed E-state index contributed by atoms with van der Waals surface area (Å²) < 4.78 is 15.9. The fraction of sp³-hybridized carbons (Fsp3) is 0.533. The Morgan fingerprint density at radius 2 is 2.05 bits per heavy atom. The topological polar surface area (TPSA) is 44.8 Å². The normalized spacial score (nSPS) is 18.1. The first kappa shape index (κ1) is 13.6. The minimum atomic E-state index is -0.0986. The van der Waals surface area contributed by atoms with Gasteiger partial charge in [0.2, 0.25) is 6.79 Å². The van der Waals surface area contributed by atoms with Gasteiger partial charge in [-0.3, -0.25) is 4.79 Å². The number of hydrogen-bond donors (Lipinski definition) is 0. The summed E-state index contributed by atoms with van der Waals surface area (Å²) >= 11 is 6.09. The van der Waals surface area contributed by atoms with Gasteiger partial charge in [0, 0.05) is 0 Å². The molecule has 0 aromatic heterocycles. The Labute approximate surface area is 123 Å². The number of carbonyl (C=O) groups is 1. The van der Waals surface area contributed by atoms with Gasteiger partial charge in [0.1, 0.15) is 6.61 Å². The van der Waals surface area contributed by atoms with Crippen molar-refractivity contribution < 1.29 is 19.0 Å². The summed E-state index contributed by atoms with van der Waals surface area (Å²) in [6.07, 6.45) is 5.36. The van der Waals surface area contributed by atoms with Crippen molar-refractivity contribution in [1.82, 2.24) is 0 Å². The Morgan fingerprint density at radius 3 is 2.85 bits per heavy atom. The first-order chi connectivity index (χ1) is 9.74. The van der Waals surface area contributed by atoms with Crippen LogP contribution >= 0.6 is 11.6 Å². The molecule has 2 aliphatic rings. The minimum absolute atomic E-state index is 0.0632. The number of rotatable bonds is 3. The zero-order valence-electron chi connectivity index (χ0n) is 11.2. The van der Waals surface area contributed by atoms with Gasteiger partial charge in [-0.15, -0.1) is 0 Å². The SMILES string of the molecule is O=C(OCc1cc(Cl)c2c(c1)OCO2)C1CCCCC1. The molecule has 1 aromatic carbocycles. The van der Waals surface area contributed by atoms with Crippen LogP contribution in [0.5, 0.6) is 11.5 Å². The molecule has 108 valence electrons. The molecular formula is C15H17ClO4. The van der Waals surface area contributed by atoms with E-state index >= 15 is 0 Å². The molecule has 1 heterocycles. The quantitative estimate of drug-likeness (QED) is 0.798. The largest absolute Gasteiger partial charge is 0.461 e. The van der Waals surface area contributed by atoms with Crippen molar-refractivity contribution >= 4 is 17.6 Å². The molecule has 0 saturated heterocycles. The van der Waals surface area contributed by atoms with Crippen molar-refractivity contribution in [3.8, 4) is 11.5 Å². The molecule has 20 heavy (non-hydrogen) atoms. The lowest BCUT2D eigenvalue weighted by Crippen LogP contribution is -2.20. The minimum Gasteiger partial charge on any atom is -0.461 e.